The molecule has 3 rings (SSSR count). The van der Waals surface area contributed by atoms with E-state index in [4.69, 9.17) is 4.74 Å². The molecular weight excluding hydrogens is 304 g/mol. The van der Waals surface area contributed by atoms with Gasteiger partial charge in [0.05, 0.1) is 6.04 Å². The van der Waals surface area contributed by atoms with Crippen molar-refractivity contribution in [3.05, 3.63) is 72.3 Å². The molecule has 0 radical (unpaired) electrons. The summed E-state index contributed by atoms with van der Waals surface area (Å²) in [4.78, 5) is 23.6. The Morgan fingerprint density at radius 1 is 1.08 bits per heavy atom. The van der Waals surface area contributed by atoms with Crippen molar-refractivity contribution in [2.45, 2.75) is 12.1 Å². The zero-order valence-electron chi connectivity index (χ0n) is 13.0. The highest BCUT2D eigenvalue weighted by molar-refractivity contribution is 5.94. The van der Waals surface area contributed by atoms with Crippen LogP contribution in [0.1, 0.15) is 5.56 Å². The zero-order chi connectivity index (χ0) is 16.8. The molecule has 5 nitrogen and oxygen atoms in total. The summed E-state index contributed by atoms with van der Waals surface area (Å²) in [6.07, 6.45) is 3.80. The molecular formula is C19H18N2O3. The number of nitrogens with one attached hydrogen (secondary N) is 2. The lowest BCUT2D eigenvalue weighted by Crippen LogP contribution is -2.68. The van der Waals surface area contributed by atoms with Crippen LogP contribution in [0.2, 0.25) is 0 Å². The molecule has 2 N–H and O–H groups in total. The summed E-state index contributed by atoms with van der Waals surface area (Å²) in [5, 5.41) is 5.46. The van der Waals surface area contributed by atoms with Crippen LogP contribution < -0.4 is 15.4 Å². The van der Waals surface area contributed by atoms with E-state index in [1.165, 1.54) is 0 Å². The predicted octanol–water partition coefficient (Wildman–Crippen LogP) is 1.76. The molecule has 0 saturated carbocycles. The smallest absolute Gasteiger partial charge is 0.258 e. The monoisotopic (exact) mass is 322 g/mol. The van der Waals surface area contributed by atoms with E-state index < -0.39 is 6.04 Å². The minimum Gasteiger partial charge on any atom is -0.484 e. The van der Waals surface area contributed by atoms with Crippen LogP contribution >= 0.6 is 0 Å². The van der Waals surface area contributed by atoms with Gasteiger partial charge in [0.2, 0.25) is 5.91 Å². The van der Waals surface area contributed by atoms with Gasteiger partial charge in [0.15, 0.2) is 6.61 Å². The first-order chi connectivity index (χ1) is 11.7. The molecule has 1 aliphatic rings. The molecule has 0 aromatic heterocycles. The summed E-state index contributed by atoms with van der Waals surface area (Å²) in [5.41, 5.74) is 1.04. The quantitative estimate of drug-likeness (QED) is 0.797. The van der Waals surface area contributed by atoms with Crippen molar-refractivity contribution in [2.75, 3.05) is 6.61 Å². The van der Waals surface area contributed by atoms with E-state index in [1.54, 1.807) is 12.1 Å². The highest BCUT2D eigenvalue weighted by atomic mass is 16.5. The molecule has 1 saturated heterocycles. The second-order valence-corrected chi connectivity index (χ2v) is 5.45. The number of amides is 2. The predicted molar refractivity (Wildman–Crippen MR) is 91.3 cm³/mol. The summed E-state index contributed by atoms with van der Waals surface area (Å²) in [6, 6.07) is 18.1. The average molecular weight is 322 g/mol. The molecule has 0 bridgehead atoms. The third-order valence-corrected chi connectivity index (χ3v) is 3.68. The van der Waals surface area contributed by atoms with Crippen molar-refractivity contribution in [1.82, 2.24) is 10.6 Å². The van der Waals surface area contributed by atoms with Crippen LogP contribution in [0.4, 0.5) is 0 Å². The number of rotatable bonds is 6. The van der Waals surface area contributed by atoms with Crippen molar-refractivity contribution < 1.29 is 14.3 Å². The summed E-state index contributed by atoms with van der Waals surface area (Å²) in [7, 11) is 0. The third-order valence-electron chi connectivity index (χ3n) is 3.68. The molecule has 2 aromatic carbocycles. The number of ether oxygens (including phenoxy) is 1. The summed E-state index contributed by atoms with van der Waals surface area (Å²) in [6.45, 7) is -0.122. The van der Waals surface area contributed by atoms with E-state index in [1.807, 2.05) is 60.7 Å². The SMILES string of the molecule is O=C(COc1ccccc1)NC1C(=O)NC1/C=C/c1ccccc1. The van der Waals surface area contributed by atoms with Crippen molar-refractivity contribution in [3.63, 3.8) is 0 Å². The second-order valence-electron chi connectivity index (χ2n) is 5.45. The molecule has 1 aliphatic heterocycles. The van der Waals surface area contributed by atoms with Gasteiger partial charge in [0.25, 0.3) is 5.91 Å². The van der Waals surface area contributed by atoms with Gasteiger partial charge in [-0.15, -0.1) is 0 Å². The molecule has 2 atom stereocenters. The number of benzene rings is 2. The van der Waals surface area contributed by atoms with E-state index >= 15 is 0 Å². The summed E-state index contributed by atoms with van der Waals surface area (Å²) >= 11 is 0. The Hall–Kier alpha value is -3.08. The van der Waals surface area contributed by atoms with Crippen LogP contribution in [0.3, 0.4) is 0 Å². The van der Waals surface area contributed by atoms with Gasteiger partial charge in [-0.1, -0.05) is 60.7 Å². The Bertz CT molecular complexity index is 729. The lowest BCUT2D eigenvalue weighted by Gasteiger charge is -2.35. The van der Waals surface area contributed by atoms with Gasteiger partial charge < -0.3 is 15.4 Å². The van der Waals surface area contributed by atoms with E-state index in [9.17, 15) is 9.59 Å². The number of carbonyl (C=O) groups excluding carboxylic acids is 2. The fourth-order valence-electron chi connectivity index (χ4n) is 2.38. The molecule has 0 spiro atoms. The van der Waals surface area contributed by atoms with Crippen LogP contribution in [-0.2, 0) is 9.59 Å². The molecule has 2 aromatic rings. The van der Waals surface area contributed by atoms with Gasteiger partial charge in [-0.3, -0.25) is 9.59 Å². The first-order valence-electron chi connectivity index (χ1n) is 7.73. The van der Waals surface area contributed by atoms with Crippen molar-refractivity contribution in [1.29, 1.82) is 0 Å². The van der Waals surface area contributed by atoms with Crippen LogP contribution in [0.25, 0.3) is 6.08 Å². The summed E-state index contributed by atoms with van der Waals surface area (Å²) < 4.78 is 5.38. The van der Waals surface area contributed by atoms with Crippen LogP contribution in [0, 0.1) is 0 Å². The van der Waals surface area contributed by atoms with Gasteiger partial charge in [-0.2, -0.15) is 0 Å². The normalized spacial score (nSPS) is 19.4. The molecule has 2 unspecified atom stereocenters. The average Bonchev–Trinajstić information content (AvgIpc) is 2.63. The van der Waals surface area contributed by atoms with Crippen LogP contribution in [-0.4, -0.2) is 30.5 Å². The van der Waals surface area contributed by atoms with Gasteiger partial charge in [0.1, 0.15) is 11.8 Å². The first kappa shape index (κ1) is 15.8. The third kappa shape index (κ3) is 4.01. The van der Waals surface area contributed by atoms with Gasteiger partial charge in [-0.25, -0.2) is 0 Å². The summed E-state index contributed by atoms with van der Waals surface area (Å²) in [5.74, 6) is 0.105. The molecule has 122 valence electrons. The van der Waals surface area contributed by atoms with Crippen LogP contribution in [0.5, 0.6) is 5.75 Å². The van der Waals surface area contributed by atoms with E-state index in [-0.39, 0.29) is 24.5 Å². The standard InChI is InChI=1S/C19H18N2O3/c22-17(13-24-15-9-5-2-6-10-15)21-18-16(20-19(18)23)12-11-14-7-3-1-4-8-14/h1-12,16,18H,13H2,(H,20,23)(H,21,22)/b12-11+. The molecule has 5 heteroatoms. The van der Waals surface area contributed by atoms with E-state index in [2.05, 4.69) is 10.6 Å². The van der Waals surface area contributed by atoms with Gasteiger partial charge in [-0.05, 0) is 17.7 Å². The van der Waals surface area contributed by atoms with Crippen molar-refractivity contribution >= 4 is 17.9 Å². The fourth-order valence-corrected chi connectivity index (χ4v) is 2.38. The Labute approximate surface area is 140 Å². The minimum absolute atomic E-state index is 0.122. The van der Waals surface area contributed by atoms with E-state index in [0.717, 1.165) is 5.56 Å². The zero-order valence-corrected chi connectivity index (χ0v) is 13.0. The Morgan fingerprint density at radius 3 is 2.42 bits per heavy atom. The maximum absolute atomic E-state index is 11.9. The van der Waals surface area contributed by atoms with E-state index in [0.29, 0.717) is 5.75 Å². The Morgan fingerprint density at radius 2 is 1.75 bits per heavy atom. The molecule has 24 heavy (non-hydrogen) atoms. The first-order valence-corrected chi connectivity index (χ1v) is 7.73. The highest BCUT2D eigenvalue weighted by Gasteiger charge is 2.38. The maximum Gasteiger partial charge on any atom is 0.258 e. The van der Waals surface area contributed by atoms with Gasteiger partial charge >= 0.3 is 0 Å². The minimum atomic E-state index is -0.558. The number of β-lactam (4-membered cyclic amide) rings is 1. The topological polar surface area (TPSA) is 67.4 Å². The lowest BCUT2D eigenvalue weighted by molar-refractivity contribution is -0.135. The lowest BCUT2D eigenvalue weighted by atomic mass is 9.97. The van der Waals surface area contributed by atoms with Gasteiger partial charge in [0, 0.05) is 0 Å². The number of para-hydroxylation sites is 1. The maximum atomic E-state index is 11.9. The number of hydrogen-bond acceptors (Lipinski definition) is 3. The second kappa shape index (κ2) is 7.46. The molecule has 1 fully saturated rings. The molecule has 0 aliphatic carbocycles. The van der Waals surface area contributed by atoms with Crippen molar-refractivity contribution in [2.24, 2.45) is 0 Å². The number of carbonyl (C=O) groups is 2. The van der Waals surface area contributed by atoms with Crippen LogP contribution in [0.15, 0.2) is 66.7 Å². The largest absolute Gasteiger partial charge is 0.484 e. The van der Waals surface area contributed by atoms with Crippen molar-refractivity contribution in [3.8, 4) is 5.75 Å². The Balaban J connectivity index is 1.50. The fraction of sp³-hybridized carbons (Fsp3) is 0.158. The molecule has 1 heterocycles. The molecule has 2 amide bonds. The Kier molecular flexibility index (Phi) is 4.91. The number of hydrogen-bond donors (Lipinski definition) is 2. The highest BCUT2D eigenvalue weighted by Crippen LogP contribution is 2.11.